The maximum Gasteiger partial charge on any atom is 0.420 e. The molecular weight excluding hydrogens is 565 g/mol. The van der Waals surface area contributed by atoms with E-state index in [4.69, 9.17) is 18.9 Å². The first-order valence-electron chi connectivity index (χ1n) is 15.0. The van der Waals surface area contributed by atoms with Gasteiger partial charge >= 0.3 is 6.09 Å². The van der Waals surface area contributed by atoms with Crippen LogP contribution in [0.15, 0.2) is 48.7 Å². The number of halogens is 1. The molecule has 1 atom stereocenters. The lowest BCUT2D eigenvalue weighted by molar-refractivity contribution is 0.0484. The van der Waals surface area contributed by atoms with E-state index in [2.05, 4.69) is 27.2 Å². The van der Waals surface area contributed by atoms with E-state index in [1.54, 1.807) is 43.5 Å². The number of carbonyl (C=O) groups is 1. The van der Waals surface area contributed by atoms with E-state index >= 15 is 4.39 Å². The van der Waals surface area contributed by atoms with Crippen molar-refractivity contribution >= 4 is 29.2 Å². The number of nitrogens with one attached hydrogen (secondary N) is 1. The van der Waals surface area contributed by atoms with E-state index in [9.17, 15) is 4.79 Å². The Labute approximate surface area is 259 Å². The molecule has 1 amide bonds. The Morgan fingerprint density at radius 2 is 1.84 bits per heavy atom. The molecule has 0 radical (unpaired) electrons. The molecule has 2 heterocycles. The summed E-state index contributed by atoms with van der Waals surface area (Å²) in [7, 11) is 5.15. The van der Waals surface area contributed by atoms with E-state index in [1.807, 2.05) is 27.7 Å². The number of ether oxygens (including phenoxy) is 4. The summed E-state index contributed by atoms with van der Waals surface area (Å²) < 4.78 is 37.8. The molecule has 0 aliphatic carbocycles. The van der Waals surface area contributed by atoms with E-state index in [-0.39, 0.29) is 35.5 Å². The molecule has 0 saturated carbocycles. The Bertz CT molecular complexity index is 1400. The number of anilines is 4. The average Bonchev–Trinajstić information content (AvgIpc) is 2.99. The number of likely N-dealkylation sites (tertiary alicyclic amines) is 1. The van der Waals surface area contributed by atoms with Crippen LogP contribution in [0.3, 0.4) is 0 Å². The van der Waals surface area contributed by atoms with Gasteiger partial charge in [0, 0.05) is 42.5 Å². The summed E-state index contributed by atoms with van der Waals surface area (Å²) >= 11 is 0. The molecule has 11 heteroatoms. The first kappa shape index (κ1) is 32.8. The third kappa shape index (κ3) is 8.28. The number of piperidine rings is 1. The topological polar surface area (TPSA) is 98.3 Å². The lowest BCUT2D eigenvalue weighted by Gasteiger charge is -2.29. The SMILES string of the molecule is COc1ccc(N(C(=O)OC(C(C)C)C(C)C)c2ccnc(Nc3ccc(OCC4CCCN(C)C4)c(F)c3)n2)c(OC)c1. The van der Waals surface area contributed by atoms with E-state index in [0.29, 0.717) is 35.4 Å². The Morgan fingerprint density at radius 1 is 1.07 bits per heavy atom. The zero-order valence-corrected chi connectivity index (χ0v) is 26.7. The number of rotatable bonds is 12. The van der Waals surface area contributed by atoms with Gasteiger partial charge in [-0.25, -0.2) is 19.1 Å². The van der Waals surface area contributed by atoms with Gasteiger partial charge in [0.1, 0.15) is 23.4 Å². The highest BCUT2D eigenvalue weighted by Gasteiger charge is 2.30. The molecule has 44 heavy (non-hydrogen) atoms. The van der Waals surface area contributed by atoms with Gasteiger partial charge in [-0.05, 0) is 62.5 Å². The normalized spacial score (nSPS) is 15.4. The molecule has 2 aromatic carbocycles. The van der Waals surface area contributed by atoms with Crippen LogP contribution in [0.5, 0.6) is 17.2 Å². The molecule has 1 aliphatic rings. The number of benzene rings is 2. The fraction of sp³-hybridized carbons (Fsp3) is 0.485. The Hall–Kier alpha value is -4.12. The second-order valence-electron chi connectivity index (χ2n) is 11.8. The highest BCUT2D eigenvalue weighted by molar-refractivity contribution is 5.97. The van der Waals surface area contributed by atoms with E-state index < -0.39 is 11.9 Å². The first-order valence-corrected chi connectivity index (χ1v) is 15.0. The summed E-state index contributed by atoms with van der Waals surface area (Å²) in [6.45, 7) is 10.5. The highest BCUT2D eigenvalue weighted by Crippen LogP contribution is 2.37. The molecule has 1 unspecified atom stereocenters. The Balaban J connectivity index is 1.58. The molecule has 1 aromatic heterocycles. The van der Waals surface area contributed by atoms with Gasteiger partial charge in [0.25, 0.3) is 0 Å². The standard InChI is InChI=1S/C33H44FN5O5/c1-21(2)31(22(3)4)44-33(40)39(27-12-11-25(41-6)18-29(27)42-7)30-14-15-35-32(37-30)36-24-10-13-28(26(34)17-24)43-20-23-9-8-16-38(5)19-23/h10-15,17-18,21-23,31H,8-9,16,19-20H2,1-7H3,(H,35,36,37). The maximum atomic E-state index is 15.0. The lowest BCUT2D eigenvalue weighted by Crippen LogP contribution is -2.36. The van der Waals surface area contributed by atoms with Gasteiger partial charge in [0.15, 0.2) is 11.6 Å². The van der Waals surface area contributed by atoms with Crippen LogP contribution in [0.4, 0.5) is 32.3 Å². The Morgan fingerprint density at radius 3 is 2.50 bits per heavy atom. The largest absolute Gasteiger partial charge is 0.497 e. The minimum atomic E-state index is -0.623. The van der Waals surface area contributed by atoms with Gasteiger partial charge in [-0.15, -0.1) is 0 Å². The van der Waals surface area contributed by atoms with Crippen molar-refractivity contribution in [2.75, 3.05) is 51.2 Å². The predicted molar refractivity (Wildman–Crippen MR) is 169 cm³/mol. The molecule has 1 aliphatic heterocycles. The van der Waals surface area contributed by atoms with Crippen LogP contribution >= 0.6 is 0 Å². The number of aromatic nitrogens is 2. The molecule has 1 saturated heterocycles. The highest BCUT2D eigenvalue weighted by atomic mass is 19.1. The summed E-state index contributed by atoms with van der Waals surface area (Å²) in [5, 5.41) is 3.04. The quantitative estimate of drug-likeness (QED) is 0.232. The summed E-state index contributed by atoms with van der Waals surface area (Å²) in [4.78, 5) is 26.3. The summed E-state index contributed by atoms with van der Waals surface area (Å²) in [5.41, 5.74) is 0.839. The average molecular weight is 610 g/mol. The minimum absolute atomic E-state index is 0.0899. The number of methoxy groups -OCH3 is 2. The second kappa shape index (κ2) is 15.1. The molecule has 10 nitrogen and oxygen atoms in total. The van der Waals surface area contributed by atoms with Gasteiger partial charge in [-0.1, -0.05) is 27.7 Å². The maximum absolute atomic E-state index is 15.0. The third-order valence-corrected chi connectivity index (χ3v) is 7.62. The number of amides is 1. The van der Waals surface area contributed by atoms with Gasteiger partial charge in [0.2, 0.25) is 5.95 Å². The molecular formula is C33H44FN5O5. The lowest BCUT2D eigenvalue weighted by atomic mass is 9.96. The zero-order valence-electron chi connectivity index (χ0n) is 26.7. The number of hydrogen-bond acceptors (Lipinski definition) is 9. The van der Waals surface area contributed by atoms with Gasteiger partial charge in [-0.3, -0.25) is 0 Å². The summed E-state index contributed by atoms with van der Waals surface area (Å²) in [6, 6.07) is 11.3. The molecule has 3 aromatic rings. The fourth-order valence-electron chi connectivity index (χ4n) is 5.47. The van der Waals surface area contributed by atoms with Crippen LogP contribution in [0.2, 0.25) is 0 Å². The van der Waals surface area contributed by atoms with Crippen molar-refractivity contribution in [3.63, 3.8) is 0 Å². The van der Waals surface area contributed by atoms with Crippen LogP contribution in [0.25, 0.3) is 0 Å². The summed E-state index contributed by atoms with van der Waals surface area (Å²) in [6.07, 6.45) is 2.74. The van der Waals surface area contributed by atoms with Crippen LogP contribution < -0.4 is 24.4 Å². The number of hydrogen-bond donors (Lipinski definition) is 1. The number of nitrogens with zero attached hydrogens (tertiary/aromatic N) is 4. The van der Waals surface area contributed by atoms with Gasteiger partial charge in [0.05, 0.1) is 26.5 Å². The molecule has 0 spiro atoms. The van der Waals surface area contributed by atoms with Crippen molar-refractivity contribution in [1.82, 2.24) is 14.9 Å². The zero-order chi connectivity index (χ0) is 31.8. The van der Waals surface area contributed by atoms with Crippen LogP contribution in [0, 0.1) is 23.6 Å². The van der Waals surface area contributed by atoms with Crippen molar-refractivity contribution in [3.8, 4) is 17.2 Å². The van der Waals surface area contributed by atoms with Crippen LogP contribution in [-0.4, -0.2) is 68.0 Å². The van der Waals surface area contributed by atoms with Crippen molar-refractivity contribution < 1.29 is 28.1 Å². The van der Waals surface area contributed by atoms with Crippen molar-refractivity contribution in [2.45, 2.75) is 46.6 Å². The molecule has 1 N–H and O–H groups in total. The second-order valence-corrected chi connectivity index (χ2v) is 11.8. The van der Waals surface area contributed by atoms with Crippen LogP contribution in [0.1, 0.15) is 40.5 Å². The third-order valence-electron chi connectivity index (χ3n) is 7.62. The fourth-order valence-corrected chi connectivity index (χ4v) is 5.47. The molecule has 0 bridgehead atoms. The van der Waals surface area contributed by atoms with Gasteiger partial charge in [-0.2, -0.15) is 4.98 Å². The monoisotopic (exact) mass is 609 g/mol. The van der Waals surface area contributed by atoms with Crippen molar-refractivity contribution in [3.05, 3.63) is 54.5 Å². The predicted octanol–water partition coefficient (Wildman–Crippen LogP) is 7.05. The van der Waals surface area contributed by atoms with E-state index in [1.165, 1.54) is 24.3 Å². The minimum Gasteiger partial charge on any atom is -0.497 e. The van der Waals surface area contributed by atoms with Crippen LogP contribution in [-0.2, 0) is 4.74 Å². The first-order chi connectivity index (χ1) is 21.1. The molecule has 4 rings (SSSR count). The smallest absolute Gasteiger partial charge is 0.420 e. The van der Waals surface area contributed by atoms with Crippen molar-refractivity contribution in [1.29, 1.82) is 0 Å². The number of carbonyl (C=O) groups excluding carboxylic acids is 1. The van der Waals surface area contributed by atoms with Gasteiger partial charge < -0.3 is 29.2 Å². The van der Waals surface area contributed by atoms with Crippen molar-refractivity contribution in [2.24, 2.45) is 17.8 Å². The Kier molecular flexibility index (Phi) is 11.2. The summed E-state index contributed by atoms with van der Waals surface area (Å²) in [5.74, 6) is 1.61. The molecule has 238 valence electrons. The van der Waals surface area contributed by atoms with E-state index in [0.717, 1.165) is 25.9 Å². The molecule has 1 fully saturated rings.